The molecule has 6 rings (SSSR count). The van der Waals surface area contributed by atoms with Gasteiger partial charge in [-0.1, -0.05) is 90.9 Å². The van der Waals surface area contributed by atoms with E-state index in [2.05, 4.69) is 84.9 Å². The minimum absolute atomic E-state index is 0.00283. The van der Waals surface area contributed by atoms with Gasteiger partial charge in [-0.3, -0.25) is 14.7 Å². The topological polar surface area (TPSA) is 141 Å². The number of anilines is 3. The summed E-state index contributed by atoms with van der Waals surface area (Å²) in [6.45, 7) is 15.2. The molecular weight excluding hydrogens is 725 g/mol. The van der Waals surface area contributed by atoms with Crippen LogP contribution in [0.5, 0.6) is 11.5 Å². The third-order valence-electron chi connectivity index (χ3n) is 10.4. The van der Waals surface area contributed by atoms with Crippen LogP contribution in [0.25, 0.3) is 11.4 Å². The van der Waals surface area contributed by atoms with Crippen molar-refractivity contribution in [3.05, 3.63) is 119 Å². The van der Waals surface area contributed by atoms with Crippen LogP contribution in [0.15, 0.2) is 112 Å². The van der Waals surface area contributed by atoms with E-state index in [0.717, 1.165) is 35.9 Å². The largest absolute Gasteiger partial charge is 0.497 e. The quantitative estimate of drug-likeness (QED) is 0.0878. The molecule has 1 atom stereocenters. The fourth-order valence-electron chi connectivity index (χ4n) is 6.09. The van der Waals surface area contributed by atoms with Crippen LogP contribution in [-0.4, -0.2) is 49.1 Å². The first-order valence-corrected chi connectivity index (χ1v) is 19.7. The van der Waals surface area contributed by atoms with Crippen molar-refractivity contribution in [2.24, 2.45) is 0 Å². The second-order valence-electron chi connectivity index (χ2n) is 14.8. The Morgan fingerprint density at radius 1 is 0.893 bits per heavy atom. The number of H-pyrrole nitrogens is 1. The zero-order valence-electron chi connectivity index (χ0n) is 33.2. The zero-order chi connectivity index (χ0) is 40.0. The summed E-state index contributed by atoms with van der Waals surface area (Å²) in [5, 5.41) is 22.4. The van der Waals surface area contributed by atoms with Gasteiger partial charge in [-0.15, -0.1) is 5.10 Å². The number of nitrogens with zero attached hydrogens (tertiary/aromatic N) is 5. The van der Waals surface area contributed by atoms with Crippen molar-refractivity contribution >= 4 is 34.9 Å². The monoisotopic (exact) mass is 774 g/mol. The van der Waals surface area contributed by atoms with Crippen molar-refractivity contribution < 1.29 is 14.3 Å². The Bertz CT molecular complexity index is 2330. The molecule has 0 saturated heterocycles. The maximum atomic E-state index is 14.4. The summed E-state index contributed by atoms with van der Waals surface area (Å²) < 4.78 is 14.9. The standard InChI is InChI=1S/C43H50N8O4S/c1-9-35(55-36-26-21-28(42(4,5)10-2)27-32(36)43(6,7)11-3)39(52)45-33-19-15-16-20-34(33)51-40(53)37(38(47-51)44-29-22-24-31(54-8)25-23-29)56-41-46-48-49-50(41)30-17-13-12-14-18-30/h12-27,35,44,47H,9-11H2,1-8H3,(H,45,52). The van der Waals surface area contributed by atoms with Gasteiger partial charge in [0.1, 0.15) is 22.2 Å². The van der Waals surface area contributed by atoms with Crippen LogP contribution >= 0.6 is 11.8 Å². The number of benzene rings is 4. The fraction of sp³-hybridized carbons (Fsp3) is 0.326. The molecule has 13 heteroatoms. The maximum absolute atomic E-state index is 14.4. The molecule has 292 valence electrons. The molecule has 0 saturated carbocycles. The van der Waals surface area contributed by atoms with Gasteiger partial charge in [0.15, 0.2) is 6.10 Å². The Labute approximate surface area is 332 Å². The molecule has 6 aromatic rings. The van der Waals surface area contributed by atoms with E-state index in [-0.39, 0.29) is 22.3 Å². The number of carbonyl (C=O) groups excluding carboxylic acids is 1. The molecule has 0 aliphatic rings. The summed E-state index contributed by atoms with van der Waals surface area (Å²) in [5.41, 5.74) is 4.08. The Balaban J connectivity index is 1.34. The first-order valence-electron chi connectivity index (χ1n) is 18.9. The van der Waals surface area contributed by atoms with E-state index < -0.39 is 6.10 Å². The highest BCUT2D eigenvalue weighted by molar-refractivity contribution is 7.99. The molecule has 2 heterocycles. The summed E-state index contributed by atoms with van der Waals surface area (Å²) in [7, 11) is 1.60. The van der Waals surface area contributed by atoms with Gasteiger partial charge >= 0.3 is 0 Å². The summed E-state index contributed by atoms with van der Waals surface area (Å²) in [6.07, 6.45) is 1.53. The van der Waals surface area contributed by atoms with E-state index in [0.29, 0.717) is 50.9 Å². The minimum Gasteiger partial charge on any atom is -0.497 e. The highest BCUT2D eigenvalue weighted by Gasteiger charge is 2.30. The van der Waals surface area contributed by atoms with Gasteiger partial charge in [0, 0.05) is 11.3 Å². The summed E-state index contributed by atoms with van der Waals surface area (Å²) in [5.74, 6) is 1.47. The van der Waals surface area contributed by atoms with Crippen LogP contribution in [0.3, 0.4) is 0 Å². The Kier molecular flexibility index (Phi) is 12.0. The van der Waals surface area contributed by atoms with Crippen molar-refractivity contribution in [3.63, 3.8) is 0 Å². The molecule has 0 radical (unpaired) electrons. The molecular formula is C43H50N8O4S. The maximum Gasteiger partial charge on any atom is 0.287 e. The van der Waals surface area contributed by atoms with Crippen LogP contribution < -0.4 is 25.7 Å². The fourth-order valence-corrected chi connectivity index (χ4v) is 6.96. The van der Waals surface area contributed by atoms with Gasteiger partial charge < -0.3 is 20.1 Å². The summed E-state index contributed by atoms with van der Waals surface area (Å²) in [4.78, 5) is 28.8. The van der Waals surface area contributed by atoms with Crippen LogP contribution in [0.4, 0.5) is 17.2 Å². The molecule has 4 aromatic carbocycles. The van der Waals surface area contributed by atoms with E-state index >= 15 is 0 Å². The van der Waals surface area contributed by atoms with Gasteiger partial charge in [0.2, 0.25) is 5.16 Å². The SMILES string of the molecule is CCC(Oc1ccc(C(C)(C)CC)cc1C(C)(C)CC)C(=O)Nc1ccccc1-n1[nH]c(Nc2ccc(OC)cc2)c(Sc2nnnn2-c2ccccc2)c1=O. The lowest BCUT2D eigenvalue weighted by Crippen LogP contribution is -2.34. The highest BCUT2D eigenvalue weighted by atomic mass is 32.2. The molecule has 0 spiro atoms. The van der Waals surface area contributed by atoms with E-state index in [4.69, 9.17) is 9.47 Å². The first kappa shape index (κ1) is 39.9. The lowest BCUT2D eigenvalue weighted by molar-refractivity contribution is -0.122. The number of para-hydroxylation sites is 3. The zero-order valence-corrected chi connectivity index (χ0v) is 34.0. The number of nitrogens with one attached hydrogen (secondary N) is 3. The third-order valence-corrected chi connectivity index (χ3v) is 11.5. The minimum atomic E-state index is -0.796. The number of rotatable bonds is 16. The first-order chi connectivity index (χ1) is 26.9. The number of hydrogen-bond acceptors (Lipinski definition) is 9. The molecule has 1 unspecified atom stereocenters. The number of hydrogen-bond donors (Lipinski definition) is 3. The average molecular weight is 775 g/mol. The number of carbonyl (C=O) groups is 1. The van der Waals surface area contributed by atoms with Crippen molar-refractivity contribution in [2.45, 2.75) is 94.7 Å². The number of aromatic nitrogens is 6. The Morgan fingerprint density at radius 3 is 2.27 bits per heavy atom. The number of amides is 1. The van der Waals surface area contributed by atoms with Crippen molar-refractivity contribution in [1.29, 1.82) is 0 Å². The Hall–Kier alpha value is -5.82. The van der Waals surface area contributed by atoms with Crippen LogP contribution in [0.1, 0.15) is 78.9 Å². The van der Waals surface area contributed by atoms with Crippen LogP contribution in [0.2, 0.25) is 0 Å². The van der Waals surface area contributed by atoms with E-state index in [1.807, 2.05) is 79.7 Å². The molecule has 56 heavy (non-hydrogen) atoms. The molecule has 0 fully saturated rings. The summed E-state index contributed by atoms with van der Waals surface area (Å²) >= 11 is 1.12. The van der Waals surface area contributed by atoms with Crippen LogP contribution in [-0.2, 0) is 15.6 Å². The molecule has 1 amide bonds. The average Bonchev–Trinajstić information content (AvgIpc) is 3.81. The lowest BCUT2D eigenvalue weighted by atomic mass is 9.76. The predicted molar refractivity (Wildman–Crippen MR) is 222 cm³/mol. The number of aromatic amines is 1. The molecule has 3 N–H and O–H groups in total. The van der Waals surface area contributed by atoms with E-state index in [1.54, 1.807) is 23.9 Å². The molecule has 0 aliphatic heterocycles. The predicted octanol–water partition coefficient (Wildman–Crippen LogP) is 9.22. The molecule has 0 bridgehead atoms. The lowest BCUT2D eigenvalue weighted by Gasteiger charge is -2.31. The normalized spacial score (nSPS) is 12.3. The van der Waals surface area contributed by atoms with Crippen molar-refractivity contribution in [2.75, 3.05) is 17.7 Å². The van der Waals surface area contributed by atoms with E-state index in [9.17, 15) is 9.59 Å². The van der Waals surface area contributed by atoms with Gasteiger partial charge in [0.05, 0.1) is 24.2 Å². The number of ether oxygens (including phenoxy) is 2. The summed E-state index contributed by atoms with van der Waals surface area (Å²) in [6, 6.07) is 30.3. The van der Waals surface area contributed by atoms with Crippen molar-refractivity contribution in [3.8, 4) is 22.9 Å². The van der Waals surface area contributed by atoms with Crippen LogP contribution in [0, 0.1) is 0 Å². The Morgan fingerprint density at radius 2 is 1.59 bits per heavy atom. The van der Waals surface area contributed by atoms with Gasteiger partial charge in [-0.25, -0.2) is 4.68 Å². The smallest absolute Gasteiger partial charge is 0.287 e. The van der Waals surface area contributed by atoms with E-state index in [1.165, 1.54) is 10.2 Å². The number of methoxy groups -OCH3 is 1. The molecule has 0 aliphatic carbocycles. The molecule has 2 aromatic heterocycles. The van der Waals surface area contributed by atoms with Gasteiger partial charge in [-0.05, 0) is 112 Å². The second kappa shape index (κ2) is 16.9. The third kappa shape index (κ3) is 8.52. The van der Waals surface area contributed by atoms with Gasteiger partial charge in [0.25, 0.3) is 11.5 Å². The van der Waals surface area contributed by atoms with Crippen molar-refractivity contribution in [1.82, 2.24) is 30.0 Å². The molecule has 12 nitrogen and oxygen atoms in total. The van der Waals surface area contributed by atoms with Gasteiger partial charge in [-0.2, -0.15) is 4.68 Å². The highest BCUT2D eigenvalue weighted by Crippen LogP contribution is 2.39. The number of tetrazole rings is 1. The second-order valence-corrected chi connectivity index (χ2v) is 15.8.